The van der Waals surface area contributed by atoms with Crippen LogP contribution < -0.4 is 4.74 Å². The van der Waals surface area contributed by atoms with Crippen LogP contribution in [0.25, 0.3) is 0 Å². The van der Waals surface area contributed by atoms with Crippen molar-refractivity contribution >= 4 is 16.0 Å². The van der Waals surface area contributed by atoms with Crippen molar-refractivity contribution in [2.24, 2.45) is 0 Å². The van der Waals surface area contributed by atoms with E-state index in [9.17, 15) is 22.7 Å². The first-order valence-electron chi connectivity index (χ1n) is 7.01. The van der Waals surface area contributed by atoms with Crippen LogP contribution in [0.1, 0.15) is 13.3 Å². The van der Waals surface area contributed by atoms with Crippen LogP contribution in [0.15, 0.2) is 23.1 Å². The zero-order chi connectivity index (χ0) is 17.2. The molecule has 2 atom stereocenters. The van der Waals surface area contributed by atoms with Crippen LogP contribution in [0.3, 0.4) is 0 Å². The summed E-state index contributed by atoms with van der Waals surface area (Å²) >= 11 is 0. The zero-order valence-corrected chi connectivity index (χ0v) is 13.5. The molecule has 0 saturated carbocycles. The van der Waals surface area contributed by atoms with Gasteiger partial charge in [-0.25, -0.2) is 12.8 Å². The minimum atomic E-state index is -4.33. The molecule has 1 saturated heterocycles. The summed E-state index contributed by atoms with van der Waals surface area (Å²) < 4.78 is 50.6. The van der Waals surface area contributed by atoms with E-state index in [4.69, 9.17) is 9.47 Å². The van der Waals surface area contributed by atoms with E-state index < -0.39 is 38.9 Å². The summed E-state index contributed by atoms with van der Waals surface area (Å²) in [5.41, 5.74) is 0. The highest BCUT2D eigenvalue weighted by atomic mass is 32.2. The predicted molar refractivity (Wildman–Crippen MR) is 78.3 cm³/mol. The second-order valence-corrected chi connectivity index (χ2v) is 6.87. The Hall–Kier alpha value is -1.71. The SMILES string of the molecule is CCO[C@@H]1C[C@@H](C(=O)O)N(S(=O)(=O)c2cccc(OC)c2F)C1. The number of halogens is 1. The van der Waals surface area contributed by atoms with Gasteiger partial charge in [0, 0.05) is 19.6 Å². The third-order valence-electron chi connectivity index (χ3n) is 3.64. The second-order valence-electron chi connectivity index (χ2n) is 5.01. The number of ether oxygens (including phenoxy) is 2. The van der Waals surface area contributed by atoms with Gasteiger partial charge in [-0.15, -0.1) is 0 Å². The lowest BCUT2D eigenvalue weighted by Gasteiger charge is -2.21. The molecule has 1 aromatic carbocycles. The molecule has 0 amide bonds. The maximum atomic E-state index is 14.3. The van der Waals surface area contributed by atoms with Crippen LogP contribution in [-0.4, -0.2) is 56.2 Å². The molecular weight excluding hydrogens is 329 g/mol. The van der Waals surface area contributed by atoms with E-state index in [0.29, 0.717) is 6.61 Å². The topological polar surface area (TPSA) is 93.1 Å². The molecule has 7 nitrogen and oxygen atoms in total. The molecule has 1 heterocycles. The minimum absolute atomic E-state index is 0.0218. The van der Waals surface area contributed by atoms with Gasteiger partial charge in [0.15, 0.2) is 11.6 Å². The number of aliphatic carboxylic acids is 1. The van der Waals surface area contributed by atoms with Crippen LogP contribution in [0, 0.1) is 5.82 Å². The number of nitrogens with zero attached hydrogens (tertiary/aromatic N) is 1. The molecule has 0 unspecified atom stereocenters. The largest absolute Gasteiger partial charge is 0.494 e. The summed E-state index contributed by atoms with van der Waals surface area (Å²) in [5, 5.41) is 9.27. The predicted octanol–water partition coefficient (Wildman–Crippen LogP) is 1.09. The van der Waals surface area contributed by atoms with Gasteiger partial charge in [0.2, 0.25) is 10.0 Å². The third kappa shape index (κ3) is 3.31. The smallest absolute Gasteiger partial charge is 0.322 e. The van der Waals surface area contributed by atoms with Crippen molar-refractivity contribution in [3.05, 3.63) is 24.0 Å². The van der Waals surface area contributed by atoms with E-state index in [2.05, 4.69) is 0 Å². The number of carbonyl (C=O) groups is 1. The molecule has 23 heavy (non-hydrogen) atoms. The summed E-state index contributed by atoms with van der Waals surface area (Å²) in [7, 11) is -3.11. The quantitative estimate of drug-likeness (QED) is 0.828. The van der Waals surface area contributed by atoms with Crippen LogP contribution in [-0.2, 0) is 19.6 Å². The van der Waals surface area contributed by atoms with Crippen molar-refractivity contribution in [1.29, 1.82) is 0 Å². The van der Waals surface area contributed by atoms with Gasteiger partial charge in [0.25, 0.3) is 0 Å². The summed E-state index contributed by atoms with van der Waals surface area (Å²) in [5.74, 6) is -2.56. The Balaban J connectivity index is 2.43. The highest BCUT2D eigenvalue weighted by molar-refractivity contribution is 7.89. The highest BCUT2D eigenvalue weighted by Gasteiger charge is 2.45. The van der Waals surface area contributed by atoms with Crippen LogP contribution in [0.4, 0.5) is 4.39 Å². The lowest BCUT2D eigenvalue weighted by Crippen LogP contribution is -2.40. The van der Waals surface area contributed by atoms with Gasteiger partial charge in [0.1, 0.15) is 10.9 Å². The zero-order valence-electron chi connectivity index (χ0n) is 12.7. The Bertz CT molecular complexity index is 693. The molecule has 0 aromatic heterocycles. The van der Waals surface area contributed by atoms with Gasteiger partial charge in [0.05, 0.1) is 13.2 Å². The molecular formula is C14H18FNO6S. The summed E-state index contributed by atoms with van der Waals surface area (Å²) in [6.45, 7) is 1.93. The van der Waals surface area contributed by atoms with Crippen molar-refractivity contribution in [2.75, 3.05) is 20.3 Å². The van der Waals surface area contributed by atoms with E-state index in [0.717, 1.165) is 10.4 Å². The Kier molecular flexibility index (Phi) is 5.23. The first-order chi connectivity index (χ1) is 10.8. The van der Waals surface area contributed by atoms with E-state index in [1.165, 1.54) is 19.2 Å². The van der Waals surface area contributed by atoms with Gasteiger partial charge in [-0.2, -0.15) is 4.31 Å². The van der Waals surface area contributed by atoms with Gasteiger partial charge in [-0.1, -0.05) is 6.07 Å². The second kappa shape index (κ2) is 6.81. The number of hydrogen-bond acceptors (Lipinski definition) is 5. The number of hydrogen-bond donors (Lipinski definition) is 1. The number of rotatable bonds is 6. The van der Waals surface area contributed by atoms with Crippen molar-refractivity contribution in [1.82, 2.24) is 4.31 Å². The minimum Gasteiger partial charge on any atom is -0.494 e. The molecule has 9 heteroatoms. The maximum Gasteiger partial charge on any atom is 0.322 e. The third-order valence-corrected chi connectivity index (χ3v) is 5.53. The van der Waals surface area contributed by atoms with Gasteiger partial charge < -0.3 is 14.6 Å². The molecule has 0 spiro atoms. The molecule has 1 fully saturated rings. The fraction of sp³-hybridized carbons (Fsp3) is 0.500. The lowest BCUT2D eigenvalue weighted by molar-refractivity contribution is -0.140. The van der Waals surface area contributed by atoms with E-state index >= 15 is 0 Å². The fourth-order valence-corrected chi connectivity index (χ4v) is 4.29. The van der Waals surface area contributed by atoms with Gasteiger partial charge in [-0.05, 0) is 19.1 Å². The van der Waals surface area contributed by atoms with E-state index in [1.807, 2.05) is 0 Å². The maximum absolute atomic E-state index is 14.3. The van der Waals surface area contributed by atoms with E-state index in [1.54, 1.807) is 6.92 Å². The lowest BCUT2D eigenvalue weighted by atomic mass is 10.2. The number of carboxylic acid groups (broad SMARTS) is 1. The average Bonchev–Trinajstić information content (AvgIpc) is 2.93. The highest BCUT2D eigenvalue weighted by Crippen LogP contribution is 2.31. The Morgan fingerprint density at radius 1 is 1.48 bits per heavy atom. The first-order valence-corrected chi connectivity index (χ1v) is 8.45. The Morgan fingerprint density at radius 2 is 2.17 bits per heavy atom. The molecule has 1 aromatic rings. The standard InChI is InChI=1S/C14H18FNO6S/c1-3-22-9-7-10(14(17)18)16(8-9)23(19,20)12-6-4-5-11(21-2)13(12)15/h4-6,9-10H,3,7-8H2,1-2H3,(H,17,18)/t9-,10+/m1/s1. The van der Waals surface area contributed by atoms with E-state index in [-0.39, 0.29) is 18.7 Å². The monoisotopic (exact) mass is 347 g/mol. The van der Waals surface area contributed by atoms with Gasteiger partial charge in [-0.3, -0.25) is 4.79 Å². The Labute approximate surface area is 133 Å². The average molecular weight is 347 g/mol. The van der Waals surface area contributed by atoms with Gasteiger partial charge >= 0.3 is 5.97 Å². The molecule has 2 rings (SSSR count). The molecule has 1 aliphatic rings. The molecule has 0 bridgehead atoms. The number of methoxy groups -OCH3 is 1. The fourth-order valence-electron chi connectivity index (χ4n) is 2.59. The van der Waals surface area contributed by atoms with Crippen molar-refractivity contribution < 1.29 is 32.2 Å². The van der Waals surface area contributed by atoms with Crippen molar-refractivity contribution in [3.8, 4) is 5.75 Å². The van der Waals surface area contributed by atoms with Crippen molar-refractivity contribution in [2.45, 2.75) is 30.4 Å². The van der Waals surface area contributed by atoms with Crippen LogP contribution >= 0.6 is 0 Å². The van der Waals surface area contributed by atoms with Crippen LogP contribution in [0.5, 0.6) is 5.75 Å². The Morgan fingerprint density at radius 3 is 2.74 bits per heavy atom. The number of sulfonamides is 1. The summed E-state index contributed by atoms with van der Waals surface area (Å²) in [6.07, 6.45) is -0.516. The molecule has 0 radical (unpaired) electrons. The molecule has 0 aliphatic carbocycles. The summed E-state index contributed by atoms with van der Waals surface area (Å²) in [4.78, 5) is 10.8. The van der Waals surface area contributed by atoms with Crippen molar-refractivity contribution in [3.63, 3.8) is 0 Å². The molecule has 1 aliphatic heterocycles. The number of benzene rings is 1. The molecule has 1 N–H and O–H groups in total. The first kappa shape index (κ1) is 17.6. The normalized spacial score (nSPS) is 22.2. The van der Waals surface area contributed by atoms with Crippen LogP contribution in [0.2, 0.25) is 0 Å². The summed E-state index contributed by atoms with van der Waals surface area (Å²) in [6, 6.07) is 2.42. The number of carboxylic acids is 1. The molecule has 128 valence electrons.